The van der Waals surface area contributed by atoms with Gasteiger partial charge in [-0.25, -0.2) is 0 Å². The van der Waals surface area contributed by atoms with Crippen LogP contribution in [0.5, 0.6) is 0 Å². The molecule has 2 N–H and O–H groups in total. The molecule has 0 aromatic heterocycles. The number of ether oxygens (including phenoxy) is 2. The molecule has 0 saturated carbocycles. The van der Waals surface area contributed by atoms with E-state index in [0.717, 1.165) is 52.2 Å². The Morgan fingerprint density at radius 3 is 2.57 bits per heavy atom. The first-order valence-corrected chi connectivity index (χ1v) is 11.2. The third kappa shape index (κ3) is 9.21. The topological polar surface area (TPSA) is 62.8 Å². The number of nitrogens with zero attached hydrogens (tertiary/aromatic N) is 1. The van der Waals surface area contributed by atoms with Crippen molar-refractivity contribution in [3.8, 4) is 0 Å². The van der Waals surface area contributed by atoms with Crippen LogP contribution in [0.4, 0.5) is 0 Å². The minimum absolute atomic E-state index is 0.0614. The molecule has 1 aliphatic heterocycles. The maximum Gasteiger partial charge on any atom is 0.225 e. The van der Waals surface area contributed by atoms with Crippen LogP contribution in [-0.4, -0.2) is 75.0 Å². The highest BCUT2D eigenvalue weighted by molar-refractivity contribution is 5.81. The maximum atomic E-state index is 12.2. The van der Waals surface area contributed by atoms with Crippen molar-refractivity contribution >= 4 is 5.91 Å². The molecule has 2 atom stereocenters. The lowest BCUT2D eigenvalue weighted by Gasteiger charge is -2.33. The van der Waals surface area contributed by atoms with Crippen LogP contribution in [0.1, 0.15) is 67.2 Å². The van der Waals surface area contributed by atoms with Crippen molar-refractivity contribution in [1.29, 1.82) is 0 Å². The van der Waals surface area contributed by atoms with E-state index in [0.29, 0.717) is 13.2 Å². The zero-order valence-corrected chi connectivity index (χ0v) is 19.2. The summed E-state index contributed by atoms with van der Waals surface area (Å²) in [6.07, 6.45) is 4.43. The van der Waals surface area contributed by atoms with Crippen molar-refractivity contribution in [2.24, 2.45) is 5.41 Å². The highest BCUT2D eigenvalue weighted by Crippen LogP contribution is 2.19. The second-order valence-corrected chi connectivity index (χ2v) is 8.94. The molecule has 166 valence electrons. The highest BCUT2D eigenvalue weighted by Gasteiger charge is 2.27. The van der Waals surface area contributed by atoms with Crippen LogP contribution in [0.25, 0.3) is 0 Å². The van der Waals surface area contributed by atoms with E-state index in [9.17, 15) is 4.79 Å². The molecular formula is C22H45N3O3. The van der Waals surface area contributed by atoms with Gasteiger partial charge in [-0.15, -0.1) is 0 Å². The van der Waals surface area contributed by atoms with E-state index < -0.39 is 0 Å². The molecule has 1 amide bonds. The van der Waals surface area contributed by atoms with Crippen LogP contribution in [0.15, 0.2) is 0 Å². The van der Waals surface area contributed by atoms with Gasteiger partial charge in [0.15, 0.2) is 0 Å². The molecule has 0 aromatic rings. The summed E-state index contributed by atoms with van der Waals surface area (Å²) in [5, 5.41) is 6.69. The average molecular weight is 400 g/mol. The van der Waals surface area contributed by atoms with Gasteiger partial charge in [-0.05, 0) is 26.2 Å². The summed E-state index contributed by atoms with van der Waals surface area (Å²) >= 11 is 0. The largest absolute Gasteiger partial charge is 0.379 e. The second kappa shape index (κ2) is 12.8. The second-order valence-electron chi connectivity index (χ2n) is 8.94. The van der Waals surface area contributed by atoms with Crippen LogP contribution in [0, 0.1) is 5.41 Å². The Bertz CT molecular complexity index is 445. The number of carbonyl (C=O) groups is 1. The Kier molecular flexibility index (Phi) is 11.6. The first kappa shape index (κ1) is 25.3. The molecule has 0 radical (unpaired) electrons. The van der Waals surface area contributed by atoms with Gasteiger partial charge >= 0.3 is 0 Å². The molecule has 28 heavy (non-hydrogen) atoms. The van der Waals surface area contributed by atoms with E-state index >= 15 is 0 Å². The third-order valence-corrected chi connectivity index (χ3v) is 6.14. The molecule has 0 aliphatic carbocycles. The van der Waals surface area contributed by atoms with Crippen molar-refractivity contribution in [2.45, 2.75) is 78.9 Å². The predicted molar refractivity (Wildman–Crippen MR) is 116 cm³/mol. The summed E-state index contributed by atoms with van der Waals surface area (Å²) in [4.78, 5) is 14.6. The molecule has 1 fully saturated rings. The summed E-state index contributed by atoms with van der Waals surface area (Å²) < 4.78 is 11.6. The van der Waals surface area contributed by atoms with Crippen molar-refractivity contribution in [1.82, 2.24) is 15.5 Å². The number of hydrogen-bond donors (Lipinski definition) is 2. The van der Waals surface area contributed by atoms with Gasteiger partial charge in [0.1, 0.15) is 0 Å². The van der Waals surface area contributed by atoms with E-state index in [1.165, 1.54) is 12.8 Å². The predicted octanol–water partition coefficient (Wildman–Crippen LogP) is 2.81. The van der Waals surface area contributed by atoms with Crippen molar-refractivity contribution in [3.05, 3.63) is 0 Å². The fourth-order valence-electron chi connectivity index (χ4n) is 3.38. The number of carbonyl (C=O) groups excluding carboxylic acids is 1. The lowest BCUT2D eigenvalue weighted by Crippen LogP contribution is -2.49. The molecular weight excluding hydrogens is 354 g/mol. The molecule has 0 spiro atoms. The fraction of sp³-hybridized carbons (Fsp3) is 0.955. The zero-order valence-electron chi connectivity index (χ0n) is 19.2. The van der Waals surface area contributed by atoms with Gasteiger partial charge in [0.25, 0.3) is 0 Å². The van der Waals surface area contributed by atoms with Gasteiger partial charge in [-0.2, -0.15) is 0 Å². The van der Waals surface area contributed by atoms with E-state index in [4.69, 9.17) is 9.47 Å². The van der Waals surface area contributed by atoms with Crippen molar-refractivity contribution in [2.75, 3.05) is 52.5 Å². The van der Waals surface area contributed by atoms with Gasteiger partial charge < -0.3 is 20.1 Å². The highest BCUT2D eigenvalue weighted by atomic mass is 16.5. The van der Waals surface area contributed by atoms with E-state index in [1.807, 2.05) is 20.8 Å². The van der Waals surface area contributed by atoms with Crippen molar-refractivity contribution in [3.63, 3.8) is 0 Å². The smallest absolute Gasteiger partial charge is 0.225 e. The number of hydrogen-bond acceptors (Lipinski definition) is 5. The molecule has 1 aliphatic rings. The number of amides is 1. The number of morpholine rings is 1. The summed E-state index contributed by atoms with van der Waals surface area (Å²) in [6, 6.07) is 0. The molecule has 6 nitrogen and oxygen atoms in total. The standard InChI is InChI=1S/C22H45N3O3/c1-7-10-22(6,9-3)24-11-14-27-15-12-25-13-16-28-19(18-25)17-23-20(26)21(4,5)8-2/h19,24H,7-18H2,1-6H3,(H,23,26). The summed E-state index contributed by atoms with van der Waals surface area (Å²) in [5.41, 5.74) is -0.0898. The minimum atomic E-state index is -0.318. The van der Waals surface area contributed by atoms with Crippen molar-refractivity contribution < 1.29 is 14.3 Å². The van der Waals surface area contributed by atoms with Gasteiger partial charge in [0.05, 0.1) is 25.9 Å². The summed E-state index contributed by atoms with van der Waals surface area (Å²) in [7, 11) is 0. The van der Waals surface area contributed by atoms with E-state index in [2.05, 4.69) is 36.3 Å². The van der Waals surface area contributed by atoms with Gasteiger partial charge in [-0.1, -0.05) is 41.0 Å². The minimum Gasteiger partial charge on any atom is -0.379 e. The molecule has 1 saturated heterocycles. The monoisotopic (exact) mass is 399 g/mol. The van der Waals surface area contributed by atoms with Gasteiger partial charge in [-0.3, -0.25) is 9.69 Å². The average Bonchev–Trinajstić information content (AvgIpc) is 2.69. The Morgan fingerprint density at radius 2 is 1.93 bits per heavy atom. The molecule has 0 aromatic carbocycles. The zero-order chi connectivity index (χ0) is 21.0. The summed E-state index contributed by atoms with van der Waals surface area (Å²) in [6.45, 7) is 19.1. The lowest BCUT2D eigenvalue weighted by molar-refractivity contribution is -0.130. The third-order valence-electron chi connectivity index (χ3n) is 6.14. The first-order chi connectivity index (χ1) is 13.3. The fourth-order valence-corrected chi connectivity index (χ4v) is 3.38. The van der Waals surface area contributed by atoms with Crippen LogP contribution in [0.2, 0.25) is 0 Å². The molecule has 6 heteroatoms. The molecule has 2 unspecified atom stereocenters. The van der Waals surface area contributed by atoms with Gasteiger partial charge in [0, 0.05) is 43.7 Å². The van der Waals surface area contributed by atoms with Crippen LogP contribution in [-0.2, 0) is 14.3 Å². The number of nitrogens with one attached hydrogen (secondary N) is 2. The Labute approximate surface area is 173 Å². The van der Waals surface area contributed by atoms with E-state index in [-0.39, 0.29) is 23.0 Å². The first-order valence-electron chi connectivity index (χ1n) is 11.2. The molecule has 1 heterocycles. The quantitative estimate of drug-likeness (QED) is 0.440. The van der Waals surface area contributed by atoms with Crippen LogP contribution in [0.3, 0.4) is 0 Å². The van der Waals surface area contributed by atoms with Gasteiger partial charge in [0.2, 0.25) is 5.91 Å². The van der Waals surface area contributed by atoms with E-state index in [1.54, 1.807) is 0 Å². The molecule has 0 bridgehead atoms. The lowest BCUT2D eigenvalue weighted by atomic mass is 9.89. The van der Waals surface area contributed by atoms with Crippen LogP contribution < -0.4 is 10.6 Å². The normalized spacial score (nSPS) is 20.7. The Hall–Kier alpha value is -0.690. The molecule has 1 rings (SSSR count). The Balaban J connectivity index is 2.18. The summed E-state index contributed by atoms with van der Waals surface area (Å²) in [5.74, 6) is 0.105. The SMILES string of the molecule is CCCC(C)(CC)NCCOCCN1CCOC(CNC(=O)C(C)(C)CC)C1. The maximum absolute atomic E-state index is 12.2. The number of rotatable bonds is 14. The van der Waals surface area contributed by atoms with Crippen LogP contribution >= 0.6 is 0 Å². The Morgan fingerprint density at radius 1 is 1.18 bits per heavy atom.